The Hall–Kier alpha value is -3.42. The molecule has 0 radical (unpaired) electrons. The number of likely N-dealkylation sites (tertiary alicyclic amines) is 1. The Morgan fingerprint density at radius 3 is 2.71 bits per heavy atom. The molecule has 1 saturated heterocycles. The molecule has 3 heterocycles. The maximum Gasteiger partial charge on any atom is 0.272 e. The number of pyridine rings is 1. The van der Waals surface area contributed by atoms with Crippen LogP contribution in [0.15, 0.2) is 59.5 Å². The molecular weight excluding hydrogens is 450 g/mol. The summed E-state index contributed by atoms with van der Waals surface area (Å²) >= 11 is 6.62. The first-order valence-corrected chi connectivity index (χ1v) is 11.7. The van der Waals surface area contributed by atoms with Crippen LogP contribution in [-0.4, -0.2) is 51.8 Å². The van der Waals surface area contributed by atoms with E-state index in [0.717, 1.165) is 48.0 Å². The number of benzene rings is 2. The van der Waals surface area contributed by atoms with E-state index in [1.54, 1.807) is 29.8 Å². The first kappa shape index (κ1) is 22.4. The third-order valence-electron chi connectivity index (χ3n) is 6.51. The average molecular weight is 476 g/mol. The van der Waals surface area contributed by atoms with Crippen molar-refractivity contribution in [2.75, 3.05) is 20.1 Å². The van der Waals surface area contributed by atoms with Gasteiger partial charge in [0.2, 0.25) is 0 Å². The van der Waals surface area contributed by atoms with Gasteiger partial charge in [0.15, 0.2) is 5.69 Å². The first-order valence-electron chi connectivity index (χ1n) is 11.4. The molecule has 174 valence electrons. The highest BCUT2D eigenvalue weighted by molar-refractivity contribution is 6.33. The fourth-order valence-electron chi connectivity index (χ4n) is 4.46. The van der Waals surface area contributed by atoms with Gasteiger partial charge in [0.05, 0.1) is 16.2 Å². The van der Waals surface area contributed by atoms with Crippen molar-refractivity contribution in [1.29, 1.82) is 0 Å². The Kier molecular flexibility index (Phi) is 5.98. The molecule has 0 saturated carbocycles. The lowest BCUT2D eigenvalue weighted by Gasteiger charge is -2.29. The number of aromatic nitrogens is 3. The third-order valence-corrected chi connectivity index (χ3v) is 6.82. The topological polar surface area (TPSA) is 83.0 Å². The van der Waals surface area contributed by atoms with Crippen molar-refractivity contribution in [2.24, 2.45) is 0 Å². The number of carbonyl (C=O) groups is 1. The van der Waals surface area contributed by atoms with Gasteiger partial charge in [-0.25, -0.2) is 0 Å². The highest BCUT2D eigenvalue weighted by Crippen LogP contribution is 2.32. The molecule has 2 N–H and O–H groups in total. The van der Waals surface area contributed by atoms with Gasteiger partial charge in [-0.1, -0.05) is 29.8 Å². The molecule has 4 aromatic rings. The van der Waals surface area contributed by atoms with Crippen molar-refractivity contribution in [3.63, 3.8) is 0 Å². The lowest BCUT2D eigenvalue weighted by atomic mass is 10.0. The summed E-state index contributed by atoms with van der Waals surface area (Å²) in [5.74, 6) is -0.153. The highest BCUT2D eigenvalue weighted by Gasteiger charge is 2.22. The molecule has 0 aliphatic carbocycles. The van der Waals surface area contributed by atoms with Gasteiger partial charge in [0.1, 0.15) is 0 Å². The van der Waals surface area contributed by atoms with Crippen molar-refractivity contribution in [2.45, 2.75) is 25.8 Å². The SMILES string of the molecule is Cc1cccn(-c2ccc(-c3ccc4c(C(=O)NC5CCN(C)CC5)n[nH]c4c3)c(Cl)c2)c1=O. The fourth-order valence-corrected chi connectivity index (χ4v) is 4.74. The van der Waals surface area contributed by atoms with E-state index in [9.17, 15) is 9.59 Å². The molecule has 0 atom stereocenters. The smallest absolute Gasteiger partial charge is 0.272 e. The zero-order valence-electron chi connectivity index (χ0n) is 19.1. The number of hydrogen-bond donors (Lipinski definition) is 2. The van der Waals surface area contributed by atoms with Gasteiger partial charge < -0.3 is 10.2 Å². The third kappa shape index (κ3) is 4.24. The van der Waals surface area contributed by atoms with E-state index in [2.05, 4.69) is 27.5 Å². The van der Waals surface area contributed by atoms with E-state index >= 15 is 0 Å². The number of nitrogens with one attached hydrogen (secondary N) is 2. The zero-order chi connectivity index (χ0) is 23.8. The van der Waals surface area contributed by atoms with Crippen LogP contribution in [0.25, 0.3) is 27.7 Å². The highest BCUT2D eigenvalue weighted by atomic mass is 35.5. The van der Waals surface area contributed by atoms with Gasteiger partial charge >= 0.3 is 0 Å². The number of carbonyl (C=O) groups excluding carboxylic acids is 1. The molecule has 34 heavy (non-hydrogen) atoms. The summed E-state index contributed by atoms with van der Waals surface area (Å²) in [6.07, 6.45) is 3.62. The van der Waals surface area contributed by atoms with Gasteiger partial charge in [-0.3, -0.25) is 19.3 Å². The summed E-state index contributed by atoms with van der Waals surface area (Å²) < 4.78 is 1.58. The molecule has 7 nitrogen and oxygen atoms in total. The molecule has 0 unspecified atom stereocenters. The Morgan fingerprint density at radius 1 is 1.15 bits per heavy atom. The van der Waals surface area contributed by atoms with Gasteiger partial charge in [-0.05, 0) is 75.8 Å². The summed E-state index contributed by atoms with van der Waals surface area (Å²) in [6.45, 7) is 3.75. The number of rotatable bonds is 4. The predicted octanol–water partition coefficient (Wildman–Crippen LogP) is 4.17. The van der Waals surface area contributed by atoms with E-state index in [-0.39, 0.29) is 17.5 Å². The number of H-pyrrole nitrogens is 1. The number of nitrogens with zero attached hydrogens (tertiary/aromatic N) is 3. The Morgan fingerprint density at radius 2 is 1.94 bits per heavy atom. The summed E-state index contributed by atoms with van der Waals surface area (Å²) in [4.78, 5) is 27.6. The maximum absolute atomic E-state index is 12.8. The van der Waals surface area contributed by atoms with Gasteiger partial charge in [-0.15, -0.1) is 0 Å². The van der Waals surface area contributed by atoms with Crippen LogP contribution in [0.3, 0.4) is 0 Å². The number of amides is 1. The summed E-state index contributed by atoms with van der Waals surface area (Å²) in [7, 11) is 2.10. The van der Waals surface area contributed by atoms with Crippen molar-refractivity contribution in [3.8, 4) is 16.8 Å². The minimum absolute atomic E-state index is 0.0729. The minimum atomic E-state index is -0.153. The van der Waals surface area contributed by atoms with Crippen molar-refractivity contribution in [1.82, 2.24) is 25.0 Å². The van der Waals surface area contributed by atoms with Crippen LogP contribution in [0, 0.1) is 6.92 Å². The maximum atomic E-state index is 12.8. The second-order valence-corrected chi connectivity index (χ2v) is 9.32. The molecule has 0 bridgehead atoms. The summed E-state index contributed by atoms with van der Waals surface area (Å²) in [6, 6.07) is 15.1. The van der Waals surface area contributed by atoms with Crippen molar-refractivity contribution >= 4 is 28.4 Å². The molecule has 2 aromatic heterocycles. The van der Waals surface area contributed by atoms with Crippen LogP contribution in [-0.2, 0) is 0 Å². The van der Waals surface area contributed by atoms with E-state index in [1.807, 2.05) is 36.4 Å². The predicted molar refractivity (Wildman–Crippen MR) is 135 cm³/mol. The number of aryl methyl sites for hydroxylation is 1. The Labute approximate surface area is 202 Å². The number of aromatic amines is 1. The second-order valence-electron chi connectivity index (χ2n) is 8.91. The number of halogens is 1. The number of piperidine rings is 1. The lowest BCUT2D eigenvalue weighted by molar-refractivity contribution is 0.0913. The van der Waals surface area contributed by atoms with Crippen LogP contribution in [0.5, 0.6) is 0 Å². The van der Waals surface area contributed by atoms with Crippen LogP contribution in [0.4, 0.5) is 0 Å². The monoisotopic (exact) mass is 475 g/mol. The minimum Gasteiger partial charge on any atom is -0.348 e. The Bertz CT molecular complexity index is 1430. The Balaban J connectivity index is 1.40. The largest absolute Gasteiger partial charge is 0.348 e. The fraction of sp³-hybridized carbons (Fsp3) is 0.269. The average Bonchev–Trinajstić information content (AvgIpc) is 3.26. The van der Waals surface area contributed by atoms with Crippen LogP contribution in [0.2, 0.25) is 5.02 Å². The van der Waals surface area contributed by atoms with Crippen LogP contribution >= 0.6 is 11.6 Å². The van der Waals surface area contributed by atoms with E-state index in [1.165, 1.54) is 0 Å². The van der Waals surface area contributed by atoms with Crippen molar-refractivity contribution in [3.05, 3.63) is 81.4 Å². The molecule has 5 rings (SSSR count). The van der Waals surface area contributed by atoms with Crippen molar-refractivity contribution < 1.29 is 4.79 Å². The van der Waals surface area contributed by atoms with Gasteiger partial charge in [-0.2, -0.15) is 5.10 Å². The summed E-state index contributed by atoms with van der Waals surface area (Å²) in [5, 5.41) is 11.7. The molecule has 1 aliphatic rings. The zero-order valence-corrected chi connectivity index (χ0v) is 19.9. The molecule has 1 aliphatic heterocycles. The van der Waals surface area contributed by atoms with Gasteiger partial charge in [0, 0.05) is 28.8 Å². The molecular formula is C26H26ClN5O2. The number of hydrogen-bond acceptors (Lipinski definition) is 4. The second kappa shape index (κ2) is 9.08. The van der Waals surface area contributed by atoms with Crippen LogP contribution < -0.4 is 10.9 Å². The molecule has 1 amide bonds. The van der Waals surface area contributed by atoms with E-state index in [0.29, 0.717) is 22.0 Å². The standard InChI is InChI=1S/C26H26ClN5O2/c1-16-4-3-11-32(26(16)34)19-6-8-20(22(27)15-19)17-5-7-21-23(14-17)29-30-24(21)25(33)28-18-9-12-31(2)13-10-18/h3-8,11,14-15,18H,9-10,12-13H2,1-2H3,(H,28,33)(H,29,30). The molecule has 1 fully saturated rings. The summed E-state index contributed by atoms with van der Waals surface area (Å²) in [5.41, 5.74) is 4.20. The lowest BCUT2D eigenvalue weighted by Crippen LogP contribution is -2.43. The van der Waals surface area contributed by atoms with E-state index < -0.39 is 0 Å². The molecule has 0 spiro atoms. The van der Waals surface area contributed by atoms with E-state index in [4.69, 9.17) is 11.6 Å². The number of fused-ring (bicyclic) bond motifs is 1. The van der Waals surface area contributed by atoms with Crippen LogP contribution in [0.1, 0.15) is 28.9 Å². The normalized spacial score (nSPS) is 15.0. The van der Waals surface area contributed by atoms with Gasteiger partial charge in [0.25, 0.3) is 11.5 Å². The quantitative estimate of drug-likeness (QED) is 0.464. The first-order chi connectivity index (χ1) is 16.4. The molecule has 8 heteroatoms. The molecule has 2 aromatic carbocycles.